The van der Waals surface area contributed by atoms with Crippen LogP contribution in [-0.4, -0.2) is 38.6 Å². The fourth-order valence-corrected chi connectivity index (χ4v) is 6.02. The zero-order valence-electron chi connectivity index (χ0n) is 21.2. The van der Waals surface area contributed by atoms with Crippen molar-refractivity contribution in [3.05, 3.63) is 101 Å². The van der Waals surface area contributed by atoms with Crippen molar-refractivity contribution in [2.24, 2.45) is 0 Å². The van der Waals surface area contributed by atoms with Gasteiger partial charge in [0.25, 0.3) is 5.78 Å². The number of anilines is 1. The monoisotopic (exact) mass is 558 g/mol. The first-order valence-electron chi connectivity index (χ1n) is 12.5. The first-order chi connectivity index (χ1) is 19.1. The Morgan fingerprint density at radius 3 is 2.62 bits per heavy atom. The van der Waals surface area contributed by atoms with Crippen molar-refractivity contribution in [2.45, 2.75) is 35.9 Å². The van der Waals surface area contributed by atoms with Crippen molar-refractivity contribution < 1.29 is 19.4 Å². The molecule has 2 aromatic heterocycles. The van der Waals surface area contributed by atoms with Crippen LogP contribution in [0.1, 0.15) is 42.5 Å². The number of ketones is 1. The van der Waals surface area contributed by atoms with Crippen LogP contribution in [0.4, 0.5) is 5.13 Å². The summed E-state index contributed by atoms with van der Waals surface area (Å²) in [5.74, 6) is -0.531. The number of nitrogens with zero attached hydrogens (tertiary/aromatic N) is 4. The van der Waals surface area contributed by atoms with E-state index >= 15 is 0 Å². The molecule has 0 bridgehead atoms. The molecule has 0 spiro atoms. The van der Waals surface area contributed by atoms with Gasteiger partial charge in [-0.25, -0.2) is 0 Å². The van der Waals surface area contributed by atoms with E-state index < -0.39 is 17.7 Å². The van der Waals surface area contributed by atoms with Gasteiger partial charge in [0.1, 0.15) is 11.5 Å². The fraction of sp³-hybridized carbons (Fsp3) is 0.207. The Labute approximate surface area is 234 Å². The number of Topliss-reactive ketones (excluding diaryl/α,β-unsaturated/α-hetero) is 1. The number of aliphatic hydroxyl groups excluding tert-OH is 1. The molecule has 3 heterocycles. The van der Waals surface area contributed by atoms with E-state index in [4.69, 9.17) is 4.74 Å². The fourth-order valence-electron chi connectivity index (χ4n) is 4.20. The predicted octanol–water partition coefficient (Wildman–Crippen LogP) is 6.03. The summed E-state index contributed by atoms with van der Waals surface area (Å²) in [6.45, 7) is 2.64. The number of amides is 1. The van der Waals surface area contributed by atoms with Crippen molar-refractivity contribution in [3.63, 3.8) is 0 Å². The number of unbranched alkanes of at least 4 members (excludes halogenated alkanes) is 1. The van der Waals surface area contributed by atoms with Crippen LogP contribution in [0.5, 0.6) is 5.75 Å². The Hall–Kier alpha value is -4.02. The Kier molecular flexibility index (Phi) is 8.33. The Bertz CT molecular complexity index is 1490. The third-order valence-corrected chi connectivity index (χ3v) is 8.27. The number of carbonyl (C=O) groups excluding carboxylic acids is 2. The highest BCUT2D eigenvalue weighted by molar-refractivity contribution is 8.00. The number of thioether (sulfide) groups is 1. The summed E-state index contributed by atoms with van der Waals surface area (Å²) < 4.78 is 6.56. The van der Waals surface area contributed by atoms with Crippen LogP contribution < -0.4 is 9.64 Å². The molecule has 1 fully saturated rings. The lowest BCUT2D eigenvalue weighted by Crippen LogP contribution is -2.29. The van der Waals surface area contributed by atoms with Gasteiger partial charge in [0.2, 0.25) is 5.13 Å². The van der Waals surface area contributed by atoms with Crippen LogP contribution in [-0.2, 0) is 15.3 Å². The lowest BCUT2D eigenvalue weighted by Gasteiger charge is -2.23. The second-order valence-corrected chi connectivity index (χ2v) is 11.0. The largest absolute Gasteiger partial charge is 0.507 e. The minimum Gasteiger partial charge on any atom is -0.507 e. The van der Waals surface area contributed by atoms with E-state index in [0.29, 0.717) is 33.6 Å². The molecule has 1 atom stereocenters. The van der Waals surface area contributed by atoms with Gasteiger partial charge in [-0.1, -0.05) is 78.9 Å². The van der Waals surface area contributed by atoms with Crippen molar-refractivity contribution in [2.75, 3.05) is 11.5 Å². The van der Waals surface area contributed by atoms with E-state index in [0.717, 1.165) is 18.4 Å². The number of benzene rings is 2. The second-order valence-electron chi connectivity index (χ2n) is 8.80. The van der Waals surface area contributed by atoms with Gasteiger partial charge in [-0.2, -0.15) is 0 Å². The van der Waals surface area contributed by atoms with Crippen molar-refractivity contribution in [1.82, 2.24) is 15.2 Å². The molecule has 198 valence electrons. The molecule has 2 aromatic carbocycles. The van der Waals surface area contributed by atoms with Gasteiger partial charge in [-0.15, -0.1) is 10.2 Å². The Morgan fingerprint density at radius 2 is 1.85 bits per heavy atom. The summed E-state index contributed by atoms with van der Waals surface area (Å²) >= 11 is 2.74. The van der Waals surface area contributed by atoms with Gasteiger partial charge in [0, 0.05) is 23.7 Å². The number of pyridine rings is 1. The molecule has 0 aliphatic carbocycles. The molecule has 1 amide bonds. The molecular formula is C29H26N4O4S2. The number of hydrogen-bond acceptors (Lipinski definition) is 9. The number of rotatable bonds is 10. The minimum atomic E-state index is -0.909. The number of ether oxygens (including phenoxy) is 1. The third kappa shape index (κ3) is 5.86. The second kappa shape index (κ2) is 12.2. The van der Waals surface area contributed by atoms with Crippen LogP contribution >= 0.6 is 23.1 Å². The molecule has 4 aromatic rings. The quantitative estimate of drug-likeness (QED) is 0.0628. The molecule has 1 N–H and O–H groups in total. The van der Waals surface area contributed by atoms with E-state index in [9.17, 15) is 14.7 Å². The third-order valence-electron chi connectivity index (χ3n) is 6.15. The maximum Gasteiger partial charge on any atom is 0.301 e. The molecule has 39 heavy (non-hydrogen) atoms. The van der Waals surface area contributed by atoms with Gasteiger partial charge in [-0.05, 0) is 41.8 Å². The van der Waals surface area contributed by atoms with Crippen molar-refractivity contribution in [1.29, 1.82) is 0 Å². The van der Waals surface area contributed by atoms with Gasteiger partial charge in [0.15, 0.2) is 4.34 Å². The summed E-state index contributed by atoms with van der Waals surface area (Å²) in [4.78, 5) is 32.1. The number of aromatic nitrogens is 3. The van der Waals surface area contributed by atoms with Gasteiger partial charge < -0.3 is 9.84 Å². The van der Waals surface area contributed by atoms with E-state index in [2.05, 4.69) is 22.1 Å². The minimum absolute atomic E-state index is 0.0226. The Balaban J connectivity index is 1.53. The number of hydrogen-bond donors (Lipinski definition) is 1. The van der Waals surface area contributed by atoms with Crippen molar-refractivity contribution >= 4 is 45.7 Å². The Morgan fingerprint density at radius 1 is 1.05 bits per heavy atom. The van der Waals surface area contributed by atoms with Crippen LogP contribution in [0, 0.1) is 0 Å². The van der Waals surface area contributed by atoms with E-state index in [1.165, 1.54) is 40.4 Å². The summed E-state index contributed by atoms with van der Waals surface area (Å²) in [6, 6.07) is 19.5. The van der Waals surface area contributed by atoms with Crippen molar-refractivity contribution in [3.8, 4) is 5.75 Å². The zero-order valence-corrected chi connectivity index (χ0v) is 22.8. The van der Waals surface area contributed by atoms with E-state index in [1.54, 1.807) is 18.2 Å². The number of aliphatic hydroxyl groups is 1. The highest BCUT2D eigenvalue weighted by Crippen LogP contribution is 2.44. The predicted molar refractivity (Wildman–Crippen MR) is 152 cm³/mol. The molecule has 5 rings (SSSR count). The SMILES string of the molecule is CCCCOc1cccc(C2/C(=C(\O)c3ccncc3)C(=O)C(=O)N2c2nnc(SCc3ccccc3)s2)c1. The maximum absolute atomic E-state index is 13.4. The molecular weight excluding hydrogens is 532 g/mol. The molecule has 1 aliphatic rings. The maximum atomic E-state index is 13.4. The summed E-state index contributed by atoms with van der Waals surface area (Å²) in [6.07, 6.45) is 4.93. The molecule has 0 saturated carbocycles. The highest BCUT2D eigenvalue weighted by atomic mass is 32.2. The smallest absolute Gasteiger partial charge is 0.301 e. The summed E-state index contributed by atoms with van der Waals surface area (Å²) in [5, 5.41) is 20.1. The highest BCUT2D eigenvalue weighted by Gasteiger charge is 2.48. The van der Waals surface area contributed by atoms with E-state index in [-0.39, 0.29) is 16.5 Å². The summed E-state index contributed by atoms with van der Waals surface area (Å²) in [7, 11) is 0. The van der Waals surface area contributed by atoms with Gasteiger partial charge in [-0.3, -0.25) is 19.5 Å². The average Bonchev–Trinajstić information content (AvgIpc) is 3.55. The van der Waals surface area contributed by atoms with Crippen LogP contribution in [0.15, 0.2) is 89.0 Å². The normalized spacial score (nSPS) is 16.5. The first-order valence-corrected chi connectivity index (χ1v) is 14.3. The lowest BCUT2D eigenvalue weighted by molar-refractivity contribution is -0.132. The molecule has 0 radical (unpaired) electrons. The molecule has 1 saturated heterocycles. The molecule has 8 nitrogen and oxygen atoms in total. The van der Waals surface area contributed by atoms with Crippen LogP contribution in [0.3, 0.4) is 0 Å². The molecule has 1 unspecified atom stereocenters. The average molecular weight is 559 g/mol. The van der Waals surface area contributed by atoms with Gasteiger partial charge >= 0.3 is 5.91 Å². The molecule has 1 aliphatic heterocycles. The lowest BCUT2D eigenvalue weighted by atomic mass is 9.95. The standard InChI is InChI=1S/C29H26N4O4S2/c1-2-3-16-37-22-11-7-10-21(17-22)24-23(25(34)20-12-14-30-15-13-20)26(35)27(36)33(24)28-31-32-29(39-28)38-18-19-8-5-4-6-9-19/h4-15,17,24,34H,2-3,16,18H2,1H3/b25-23+. The summed E-state index contributed by atoms with van der Waals surface area (Å²) in [5.41, 5.74) is 2.12. The zero-order chi connectivity index (χ0) is 27.2. The first kappa shape index (κ1) is 26.6. The van der Waals surface area contributed by atoms with Crippen LogP contribution in [0.25, 0.3) is 5.76 Å². The number of carbonyl (C=O) groups is 2. The van der Waals surface area contributed by atoms with Gasteiger partial charge in [0.05, 0.1) is 18.2 Å². The topological polar surface area (TPSA) is 106 Å². The molecule has 10 heteroatoms. The van der Waals surface area contributed by atoms with Crippen LogP contribution in [0.2, 0.25) is 0 Å². The van der Waals surface area contributed by atoms with E-state index in [1.807, 2.05) is 48.5 Å².